The fraction of sp³-hybridized carbons (Fsp3) is 0.263. The van der Waals surface area contributed by atoms with Crippen LogP contribution in [0.1, 0.15) is 10.4 Å². The molecule has 0 unspecified atom stereocenters. The highest BCUT2D eigenvalue weighted by molar-refractivity contribution is 6.04. The molecule has 130 valence electrons. The van der Waals surface area contributed by atoms with Crippen LogP contribution in [0.3, 0.4) is 0 Å². The zero-order valence-electron chi connectivity index (χ0n) is 13.9. The van der Waals surface area contributed by atoms with E-state index < -0.39 is 0 Å². The molecular weight excluding hydrogens is 318 g/mol. The van der Waals surface area contributed by atoms with Gasteiger partial charge in [-0.1, -0.05) is 24.3 Å². The summed E-state index contributed by atoms with van der Waals surface area (Å²) in [5, 5.41) is 5.71. The molecule has 2 amide bonds. The highest BCUT2D eigenvalue weighted by atomic mass is 16.5. The highest BCUT2D eigenvalue weighted by Gasteiger charge is 2.14. The first-order valence-electron chi connectivity index (χ1n) is 8.27. The van der Waals surface area contributed by atoms with Crippen LogP contribution in [0.2, 0.25) is 0 Å². The average Bonchev–Trinajstić information content (AvgIpc) is 2.63. The smallest absolute Gasteiger partial charge is 0.255 e. The Hall–Kier alpha value is -2.70. The van der Waals surface area contributed by atoms with E-state index in [2.05, 4.69) is 15.5 Å². The summed E-state index contributed by atoms with van der Waals surface area (Å²) in [4.78, 5) is 26.4. The van der Waals surface area contributed by atoms with Gasteiger partial charge in [0.2, 0.25) is 5.91 Å². The summed E-state index contributed by atoms with van der Waals surface area (Å²) in [6, 6.07) is 16.1. The molecule has 0 aliphatic carbocycles. The number of carbonyl (C=O) groups excluding carboxylic acids is 2. The molecule has 2 N–H and O–H groups in total. The second-order valence-electron chi connectivity index (χ2n) is 5.84. The number of hydrogen-bond acceptors (Lipinski definition) is 4. The lowest BCUT2D eigenvalue weighted by Crippen LogP contribution is -2.41. The number of benzene rings is 2. The van der Waals surface area contributed by atoms with Gasteiger partial charge in [-0.3, -0.25) is 14.5 Å². The SMILES string of the molecule is O=C(CN1CCOCC1)Nc1cccc(NC(=O)c2ccccc2)c1. The van der Waals surface area contributed by atoms with Crippen molar-refractivity contribution in [2.45, 2.75) is 0 Å². The van der Waals surface area contributed by atoms with Gasteiger partial charge in [0, 0.05) is 30.0 Å². The van der Waals surface area contributed by atoms with E-state index in [0.29, 0.717) is 36.7 Å². The molecule has 3 rings (SSSR count). The summed E-state index contributed by atoms with van der Waals surface area (Å²) in [5.41, 5.74) is 1.88. The van der Waals surface area contributed by atoms with E-state index in [9.17, 15) is 9.59 Å². The van der Waals surface area contributed by atoms with E-state index in [1.807, 2.05) is 18.2 Å². The van der Waals surface area contributed by atoms with Crippen molar-refractivity contribution < 1.29 is 14.3 Å². The van der Waals surface area contributed by atoms with E-state index in [0.717, 1.165) is 13.1 Å². The predicted octanol–water partition coefficient (Wildman–Crippen LogP) is 2.21. The second kappa shape index (κ2) is 8.41. The minimum absolute atomic E-state index is 0.0755. The van der Waals surface area contributed by atoms with Crippen molar-refractivity contribution in [3.8, 4) is 0 Å². The molecule has 2 aromatic rings. The first-order valence-corrected chi connectivity index (χ1v) is 8.27. The Morgan fingerprint density at radius 2 is 1.60 bits per heavy atom. The van der Waals surface area contributed by atoms with E-state index in [4.69, 9.17) is 4.74 Å². The minimum atomic E-state index is -0.183. The minimum Gasteiger partial charge on any atom is -0.379 e. The first-order chi connectivity index (χ1) is 12.2. The summed E-state index contributed by atoms with van der Waals surface area (Å²) in [5.74, 6) is -0.258. The highest BCUT2D eigenvalue weighted by Crippen LogP contribution is 2.16. The van der Waals surface area contributed by atoms with Gasteiger partial charge >= 0.3 is 0 Å². The van der Waals surface area contributed by atoms with E-state index in [1.54, 1.807) is 36.4 Å². The van der Waals surface area contributed by atoms with Crippen molar-refractivity contribution in [3.63, 3.8) is 0 Å². The van der Waals surface area contributed by atoms with Crippen LogP contribution in [-0.2, 0) is 9.53 Å². The molecule has 6 nitrogen and oxygen atoms in total. The van der Waals surface area contributed by atoms with E-state index in [-0.39, 0.29) is 11.8 Å². The zero-order valence-corrected chi connectivity index (χ0v) is 13.9. The Morgan fingerprint density at radius 3 is 2.32 bits per heavy atom. The van der Waals surface area contributed by atoms with Crippen molar-refractivity contribution in [2.75, 3.05) is 43.5 Å². The van der Waals surface area contributed by atoms with Crippen LogP contribution in [0.15, 0.2) is 54.6 Å². The van der Waals surface area contributed by atoms with Gasteiger partial charge in [0.15, 0.2) is 0 Å². The molecule has 2 aromatic carbocycles. The third-order valence-corrected chi connectivity index (χ3v) is 3.91. The van der Waals surface area contributed by atoms with Crippen molar-refractivity contribution in [1.82, 2.24) is 4.90 Å². The third kappa shape index (κ3) is 5.14. The Kier molecular flexibility index (Phi) is 5.77. The van der Waals surface area contributed by atoms with Crippen molar-refractivity contribution >= 4 is 23.2 Å². The Morgan fingerprint density at radius 1 is 0.920 bits per heavy atom. The van der Waals surface area contributed by atoms with Gasteiger partial charge in [0.05, 0.1) is 19.8 Å². The number of morpholine rings is 1. The maximum Gasteiger partial charge on any atom is 0.255 e. The van der Waals surface area contributed by atoms with Gasteiger partial charge in [0.25, 0.3) is 5.91 Å². The summed E-state index contributed by atoms with van der Waals surface area (Å²) in [7, 11) is 0. The molecule has 1 aliphatic rings. The largest absolute Gasteiger partial charge is 0.379 e. The van der Waals surface area contributed by atoms with Gasteiger partial charge in [-0.15, -0.1) is 0 Å². The number of nitrogens with zero attached hydrogens (tertiary/aromatic N) is 1. The average molecular weight is 339 g/mol. The van der Waals surface area contributed by atoms with Gasteiger partial charge in [0.1, 0.15) is 0 Å². The molecule has 25 heavy (non-hydrogen) atoms. The normalized spacial score (nSPS) is 14.7. The molecule has 0 bridgehead atoms. The van der Waals surface area contributed by atoms with Crippen LogP contribution < -0.4 is 10.6 Å². The third-order valence-electron chi connectivity index (χ3n) is 3.91. The van der Waals surface area contributed by atoms with Gasteiger partial charge in [-0.05, 0) is 30.3 Å². The van der Waals surface area contributed by atoms with E-state index in [1.165, 1.54) is 0 Å². The number of nitrogens with one attached hydrogen (secondary N) is 2. The summed E-state index contributed by atoms with van der Waals surface area (Å²) < 4.78 is 5.28. The molecule has 0 atom stereocenters. The maximum atomic E-state index is 12.2. The quantitative estimate of drug-likeness (QED) is 0.876. The van der Waals surface area contributed by atoms with Crippen molar-refractivity contribution in [2.24, 2.45) is 0 Å². The lowest BCUT2D eigenvalue weighted by molar-refractivity contribution is -0.118. The molecule has 0 radical (unpaired) electrons. The molecule has 1 heterocycles. The number of amides is 2. The lowest BCUT2D eigenvalue weighted by atomic mass is 10.2. The first kappa shape index (κ1) is 17.1. The molecule has 0 saturated carbocycles. The van der Waals surface area contributed by atoms with Gasteiger partial charge in [-0.25, -0.2) is 0 Å². The molecule has 1 fully saturated rings. The molecular formula is C19H21N3O3. The fourth-order valence-electron chi connectivity index (χ4n) is 2.63. The van der Waals surface area contributed by atoms with Crippen LogP contribution >= 0.6 is 0 Å². The van der Waals surface area contributed by atoms with Gasteiger partial charge < -0.3 is 15.4 Å². The number of rotatable bonds is 5. The predicted molar refractivity (Wildman–Crippen MR) is 96.7 cm³/mol. The fourth-order valence-corrected chi connectivity index (χ4v) is 2.63. The molecule has 6 heteroatoms. The number of ether oxygens (including phenoxy) is 1. The van der Waals surface area contributed by atoms with Crippen LogP contribution in [0, 0.1) is 0 Å². The molecule has 0 spiro atoms. The van der Waals surface area contributed by atoms with Gasteiger partial charge in [-0.2, -0.15) is 0 Å². The zero-order chi connectivity index (χ0) is 17.5. The Labute approximate surface area is 146 Å². The van der Waals surface area contributed by atoms with Crippen LogP contribution in [0.4, 0.5) is 11.4 Å². The number of anilines is 2. The standard InChI is InChI=1S/C19H21N3O3/c23-18(14-22-9-11-25-12-10-22)20-16-7-4-8-17(13-16)21-19(24)15-5-2-1-3-6-15/h1-8,13H,9-12,14H2,(H,20,23)(H,21,24). The van der Waals surface area contributed by atoms with E-state index >= 15 is 0 Å². The molecule has 1 saturated heterocycles. The van der Waals surface area contributed by atoms with Crippen LogP contribution in [-0.4, -0.2) is 49.6 Å². The summed E-state index contributed by atoms with van der Waals surface area (Å²) in [6.07, 6.45) is 0. The monoisotopic (exact) mass is 339 g/mol. The lowest BCUT2D eigenvalue weighted by Gasteiger charge is -2.25. The summed E-state index contributed by atoms with van der Waals surface area (Å²) in [6.45, 7) is 3.19. The van der Waals surface area contributed by atoms with Crippen LogP contribution in [0.5, 0.6) is 0 Å². The van der Waals surface area contributed by atoms with Crippen molar-refractivity contribution in [1.29, 1.82) is 0 Å². The Bertz CT molecular complexity index is 728. The number of carbonyl (C=O) groups is 2. The Balaban J connectivity index is 1.57. The molecule has 1 aliphatic heterocycles. The molecule has 0 aromatic heterocycles. The second-order valence-corrected chi connectivity index (χ2v) is 5.84. The number of hydrogen-bond donors (Lipinski definition) is 2. The van der Waals surface area contributed by atoms with Crippen LogP contribution in [0.25, 0.3) is 0 Å². The van der Waals surface area contributed by atoms with Crippen molar-refractivity contribution in [3.05, 3.63) is 60.2 Å². The summed E-state index contributed by atoms with van der Waals surface area (Å²) >= 11 is 0. The topological polar surface area (TPSA) is 70.7 Å². The maximum absolute atomic E-state index is 12.2.